The van der Waals surface area contributed by atoms with Crippen LogP contribution in [0.1, 0.15) is 56.1 Å². The number of carbonyl (C=O) groups excluding carboxylic acids is 1. The molecule has 0 saturated heterocycles. The maximum Gasteiger partial charge on any atom is 0.132 e. The first-order valence-electron chi connectivity index (χ1n) is 6.94. The molecule has 3 rings (SSSR count). The molecule has 2 aliphatic carbocycles. The summed E-state index contributed by atoms with van der Waals surface area (Å²) in [5.74, 6) is 0.468. The monoisotopic (exact) mass is 230 g/mol. The molecule has 1 heteroatoms. The summed E-state index contributed by atoms with van der Waals surface area (Å²) < 4.78 is 0. The van der Waals surface area contributed by atoms with Crippen molar-refractivity contribution in [3.05, 3.63) is 35.4 Å². The number of Topliss-reactive ketones (excluding diaryl/α,β-unsaturated/α-hetero) is 1. The summed E-state index contributed by atoms with van der Waals surface area (Å²) in [7, 11) is 0. The third kappa shape index (κ3) is 4.33. The number of fused-ring (bicyclic) bond motifs is 11. The van der Waals surface area contributed by atoms with Crippen LogP contribution in [0.25, 0.3) is 0 Å². The van der Waals surface area contributed by atoms with Crippen molar-refractivity contribution in [1.82, 2.24) is 0 Å². The average Bonchev–Trinajstić information content (AvgIpc) is 2.35. The maximum atomic E-state index is 11.6. The molecular weight excluding hydrogens is 208 g/mol. The molecule has 0 aromatic heterocycles. The Morgan fingerprint density at radius 2 is 1.00 bits per heavy atom. The average molecular weight is 230 g/mol. The first-order valence-corrected chi connectivity index (χ1v) is 6.94. The molecule has 0 heterocycles. The number of ketones is 1. The van der Waals surface area contributed by atoms with Gasteiger partial charge < -0.3 is 0 Å². The number of rotatable bonds is 0. The molecule has 0 aliphatic heterocycles. The number of aryl methyl sites for hydroxylation is 2. The van der Waals surface area contributed by atoms with E-state index >= 15 is 0 Å². The van der Waals surface area contributed by atoms with Crippen molar-refractivity contribution in [3.63, 3.8) is 0 Å². The standard InChI is InChI=1S/C16H22O/c17-16-8-3-1-2-6-14-10-12-15(13-11-14)7-4-5-9-16/h10-13H,1-9H2. The van der Waals surface area contributed by atoms with Crippen LogP contribution in [-0.2, 0) is 17.6 Å². The summed E-state index contributed by atoms with van der Waals surface area (Å²) in [6, 6.07) is 9.05. The summed E-state index contributed by atoms with van der Waals surface area (Å²) in [5, 5.41) is 0. The van der Waals surface area contributed by atoms with Gasteiger partial charge in [-0.1, -0.05) is 30.7 Å². The van der Waals surface area contributed by atoms with E-state index in [2.05, 4.69) is 24.3 Å². The van der Waals surface area contributed by atoms with Gasteiger partial charge in [-0.05, 0) is 49.7 Å². The van der Waals surface area contributed by atoms with Gasteiger partial charge in [-0.2, -0.15) is 0 Å². The zero-order chi connectivity index (χ0) is 11.9. The van der Waals surface area contributed by atoms with E-state index in [0.29, 0.717) is 5.78 Å². The van der Waals surface area contributed by atoms with E-state index in [1.165, 1.54) is 24.0 Å². The van der Waals surface area contributed by atoms with Crippen LogP contribution in [-0.4, -0.2) is 5.78 Å². The van der Waals surface area contributed by atoms with Gasteiger partial charge in [0.25, 0.3) is 0 Å². The van der Waals surface area contributed by atoms with Crippen LogP contribution in [0.2, 0.25) is 0 Å². The largest absolute Gasteiger partial charge is 0.300 e. The summed E-state index contributed by atoms with van der Waals surface area (Å²) in [4.78, 5) is 11.6. The van der Waals surface area contributed by atoms with Crippen molar-refractivity contribution < 1.29 is 4.79 Å². The third-order valence-electron chi connectivity index (χ3n) is 3.62. The van der Waals surface area contributed by atoms with Crippen LogP contribution in [0.4, 0.5) is 0 Å². The highest BCUT2D eigenvalue weighted by atomic mass is 16.1. The highest BCUT2D eigenvalue weighted by Gasteiger charge is 2.04. The Labute approximate surface area is 104 Å². The van der Waals surface area contributed by atoms with Gasteiger partial charge in [-0.3, -0.25) is 4.79 Å². The number of hydrogen-bond donors (Lipinski definition) is 0. The zero-order valence-corrected chi connectivity index (χ0v) is 10.6. The lowest BCUT2D eigenvalue weighted by Gasteiger charge is -2.07. The van der Waals surface area contributed by atoms with Crippen LogP contribution < -0.4 is 0 Å². The van der Waals surface area contributed by atoms with Crippen molar-refractivity contribution >= 4 is 5.78 Å². The van der Waals surface area contributed by atoms with E-state index in [1.807, 2.05) is 0 Å². The zero-order valence-electron chi connectivity index (χ0n) is 10.6. The third-order valence-corrected chi connectivity index (χ3v) is 3.62. The smallest absolute Gasteiger partial charge is 0.132 e. The van der Waals surface area contributed by atoms with Gasteiger partial charge in [0.05, 0.1) is 0 Å². The van der Waals surface area contributed by atoms with E-state index < -0.39 is 0 Å². The first-order chi connectivity index (χ1) is 8.34. The topological polar surface area (TPSA) is 17.1 Å². The minimum atomic E-state index is 0.468. The van der Waals surface area contributed by atoms with Crippen molar-refractivity contribution in [2.24, 2.45) is 0 Å². The quantitative estimate of drug-likeness (QED) is 0.656. The number of hydrogen-bond acceptors (Lipinski definition) is 1. The second-order valence-electron chi connectivity index (χ2n) is 5.12. The Bertz CT molecular complexity index is 350. The number of carbonyl (C=O) groups is 1. The van der Waals surface area contributed by atoms with E-state index in [4.69, 9.17) is 0 Å². The van der Waals surface area contributed by atoms with Crippen LogP contribution in [0.3, 0.4) is 0 Å². The molecule has 1 nitrogen and oxygen atoms in total. The number of benzene rings is 1. The Morgan fingerprint density at radius 3 is 1.59 bits per heavy atom. The van der Waals surface area contributed by atoms with Crippen molar-refractivity contribution in [2.45, 2.75) is 57.8 Å². The van der Waals surface area contributed by atoms with Crippen LogP contribution in [0.5, 0.6) is 0 Å². The Hall–Kier alpha value is -1.11. The Balaban J connectivity index is 1.96. The lowest BCUT2D eigenvalue weighted by atomic mass is 9.99. The molecule has 0 N–H and O–H groups in total. The Morgan fingerprint density at radius 1 is 0.588 bits per heavy atom. The predicted octanol–water partition coefficient (Wildman–Crippen LogP) is 4.09. The summed E-state index contributed by atoms with van der Waals surface area (Å²) in [6.45, 7) is 0. The highest BCUT2D eigenvalue weighted by Crippen LogP contribution is 2.14. The van der Waals surface area contributed by atoms with E-state index in [1.54, 1.807) is 0 Å². The van der Waals surface area contributed by atoms with Gasteiger partial charge in [-0.25, -0.2) is 0 Å². The minimum absolute atomic E-state index is 0.468. The van der Waals surface area contributed by atoms with E-state index in [-0.39, 0.29) is 0 Å². The molecular formula is C16H22O. The second-order valence-corrected chi connectivity index (χ2v) is 5.12. The molecule has 0 unspecified atom stereocenters. The van der Waals surface area contributed by atoms with Crippen molar-refractivity contribution in [1.29, 1.82) is 0 Å². The molecule has 92 valence electrons. The SMILES string of the molecule is O=C1CCCCCc2ccc(cc2)CCCC1. The lowest BCUT2D eigenvalue weighted by Crippen LogP contribution is -1.99. The fourth-order valence-electron chi connectivity index (χ4n) is 2.48. The van der Waals surface area contributed by atoms with Crippen molar-refractivity contribution in [2.75, 3.05) is 0 Å². The van der Waals surface area contributed by atoms with Gasteiger partial charge in [0.1, 0.15) is 5.78 Å². The molecule has 0 radical (unpaired) electrons. The van der Waals surface area contributed by atoms with Gasteiger partial charge in [0.2, 0.25) is 0 Å². The van der Waals surface area contributed by atoms with Crippen LogP contribution >= 0.6 is 0 Å². The molecule has 1 aromatic carbocycles. The maximum absolute atomic E-state index is 11.6. The van der Waals surface area contributed by atoms with Crippen LogP contribution in [0, 0.1) is 0 Å². The molecule has 0 spiro atoms. The molecule has 2 bridgehead atoms. The van der Waals surface area contributed by atoms with E-state index in [9.17, 15) is 4.79 Å². The van der Waals surface area contributed by atoms with Crippen LogP contribution in [0.15, 0.2) is 24.3 Å². The minimum Gasteiger partial charge on any atom is -0.300 e. The second kappa shape index (κ2) is 6.58. The fourth-order valence-corrected chi connectivity index (χ4v) is 2.48. The molecule has 0 amide bonds. The lowest BCUT2D eigenvalue weighted by molar-refractivity contribution is -0.119. The van der Waals surface area contributed by atoms with Gasteiger partial charge >= 0.3 is 0 Å². The molecule has 2 aliphatic rings. The molecule has 0 atom stereocenters. The first kappa shape index (κ1) is 12.3. The van der Waals surface area contributed by atoms with Gasteiger partial charge in [0.15, 0.2) is 0 Å². The fraction of sp³-hybridized carbons (Fsp3) is 0.562. The van der Waals surface area contributed by atoms with Crippen molar-refractivity contribution in [3.8, 4) is 0 Å². The summed E-state index contributed by atoms with van der Waals surface area (Å²) in [5.41, 5.74) is 2.86. The molecule has 0 saturated carbocycles. The molecule has 1 aromatic rings. The highest BCUT2D eigenvalue weighted by molar-refractivity contribution is 5.78. The molecule has 17 heavy (non-hydrogen) atoms. The van der Waals surface area contributed by atoms with E-state index in [0.717, 1.165) is 44.9 Å². The normalized spacial score (nSPS) is 18.9. The Kier molecular flexibility index (Phi) is 4.78. The summed E-state index contributed by atoms with van der Waals surface area (Å²) >= 11 is 0. The van der Waals surface area contributed by atoms with Gasteiger partial charge in [-0.15, -0.1) is 0 Å². The van der Waals surface area contributed by atoms with Gasteiger partial charge in [0, 0.05) is 12.8 Å². The molecule has 0 fully saturated rings. The predicted molar refractivity (Wildman–Crippen MR) is 71.2 cm³/mol. The summed E-state index contributed by atoms with van der Waals surface area (Å²) in [6.07, 6.45) is 9.56.